The molecule has 0 aromatic heterocycles. The molecule has 1 aliphatic carbocycles. The van der Waals surface area contributed by atoms with E-state index in [1.807, 2.05) is 28.0 Å². The van der Waals surface area contributed by atoms with Crippen molar-refractivity contribution in [3.05, 3.63) is 35.9 Å². The molecule has 6 nitrogen and oxygen atoms in total. The predicted molar refractivity (Wildman–Crippen MR) is 107 cm³/mol. The Morgan fingerprint density at radius 2 is 1.59 bits per heavy atom. The quantitative estimate of drug-likeness (QED) is 0.827. The number of benzene rings is 1. The first-order chi connectivity index (χ1) is 12.6. The number of nitrogens with two attached hydrogens (primary N) is 1. The average molecular weight is 393 g/mol. The van der Waals surface area contributed by atoms with E-state index in [1.54, 1.807) is 0 Å². The number of nitrogens with zero attached hydrogens (tertiary/aromatic N) is 3. The second-order valence-corrected chi connectivity index (χ2v) is 7.86. The van der Waals surface area contributed by atoms with Gasteiger partial charge < -0.3 is 15.5 Å². The third-order valence-corrected chi connectivity index (χ3v) is 5.90. The Morgan fingerprint density at radius 3 is 2.22 bits per heavy atom. The molecular formula is C20H29ClN4O2. The normalized spacial score (nSPS) is 26.0. The van der Waals surface area contributed by atoms with E-state index in [4.69, 9.17) is 5.73 Å². The fourth-order valence-electron chi connectivity index (χ4n) is 4.15. The van der Waals surface area contributed by atoms with Gasteiger partial charge in [0.05, 0.1) is 6.54 Å². The van der Waals surface area contributed by atoms with Gasteiger partial charge in [0.25, 0.3) is 0 Å². The van der Waals surface area contributed by atoms with Crippen LogP contribution in [0.15, 0.2) is 30.3 Å². The van der Waals surface area contributed by atoms with Crippen molar-refractivity contribution in [2.75, 3.05) is 45.8 Å². The number of carbonyl (C=O) groups is 2. The number of rotatable bonds is 4. The largest absolute Gasteiger partial charge is 0.339 e. The van der Waals surface area contributed by atoms with Crippen molar-refractivity contribution in [3.8, 4) is 0 Å². The zero-order chi connectivity index (χ0) is 18.1. The fourth-order valence-corrected chi connectivity index (χ4v) is 4.15. The number of hydrogen-bond acceptors (Lipinski definition) is 4. The van der Waals surface area contributed by atoms with Crippen molar-refractivity contribution in [3.63, 3.8) is 0 Å². The van der Waals surface area contributed by atoms with E-state index in [2.05, 4.69) is 17.0 Å². The molecule has 3 aliphatic rings. The van der Waals surface area contributed by atoms with Gasteiger partial charge in [-0.25, -0.2) is 0 Å². The molecular weight excluding hydrogens is 364 g/mol. The molecule has 0 radical (unpaired) electrons. The van der Waals surface area contributed by atoms with Crippen molar-refractivity contribution in [2.45, 2.75) is 24.8 Å². The summed E-state index contributed by atoms with van der Waals surface area (Å²) in [5.74, 6) is 0.994. The van der Waals surface area contributed by atoms with Gasteiger partial charge in [-0.3, -0.25) is 14.5 Å². The van der Waals surface area contributed by atoms with Crippen LogP contribution in [0.1, 0.15) is 24.3 Å². The van der Waals surface area contributed by atoms with Crippen molar-refractivity contribution in [1.29, 1.82) is 0 Å². The molecule has 2 heterocycles. The number of carbonyl (C=O) groups excluding carboxylic acids is 2. The lowest BCUT2D eigenvalue weighted by molar-refractivity contribution is -0.140. The van der Waals surface area contributed by atoms with Crippen LogP contribution >= 0.6 is 12.4 Å². The smallest absolute Gasteiger partial charge is 0.236 e. The van der Waals surface area contributed by atoms with Crippen molar-refractivity contribution in [2.24, 2.45) is 11.7 Å². The molecule has 1 aromatic rings. The maximum Gasteiger partial charge on any atom is 0.236 e. The molecule has 1 aromatic carbocycles. The highest BCUT2D eigenvalue weighted by Gasteiger charge is 2.36. The lowest BCUT2D eigenvalue weighted by Crippen LogP contribution is -2.52. The Bertz CT molecular complexity index is 659. The maximum absolute atomic E-state index is 12.7. The zero-order valence-electron chi connectivity index (χ0n) is 15.6. The second kappa shape index (κ2) is 8.59. The summed E-state index contributed by atoms with van der Waals surface area (Å²) in [5.41, 5.74) is 7.58. The highest BCUT2D eigenvalue weighted by molar-refractivity contribution is 5.85. The molecule has 4 rings (SSSR count). The van der Waals surface area contributed by atoms with E-state index in [9.17, 15) is 9.59 Å². The molecule has 7 heteroatoms. The monoisotopic (exact) mass is 392 g/mol. The molecule has 2 N–H and O–H groups in total. The first-order valence-corrected chi connectivity index (χ1v) is 9.71. The fraction of sp³-hybridized carbons (Fsp3) is 0.600. The summed E-state index contributed by atoms with van der Waals surface area (Å²) in [6.45, 7) is 4.66. The Kier molecular flexibility index (Phi) is 6.40. The molecule has 2 saturated heterocycles. The minimum atomic E-state index is 0. The molecule has 2 aliphatic heterocycles. The lowest BCUT2D eigenvalue weighted by Gasteiger charge is -2.35. The van der Waals surface area contributed by atoms with Gasteiger partial charge in [-0.15, -0.1) is 12.4 Å². The van der Waals surface area contributed by atoms with E-state index in [0.717, 1.165) is 25.9 Å². The topological polar surface area (TPSA) is 69.9 Å². The van der Waals surface area contributed by atoms with Crippen LogP contribution in [0.5, 0.6) is 0 Å². The van der Waals surface area contributed by atoms with Crippen LogP contribution in [0.3, 0.4) is 0 Å². The molecule has 27 heavy (non-hydrogen) atoms. The van der Waals surface area contributed by atoms with Crippen LogP contribution in [-0.2, 0) is 9.59 Å². The Balaban J connectivity index is 0.00000210. The van der Waals surface area contributed by atoms with Gasteiger partial charge >= 0.3 is 0 Å². The number of piperazine rings is 1. The van der Waals surface area contributed by atoms with Crippen LogP contribution in [0.4, 0.5) is 0 Å². The van der Waals surface area contributed by atoms with Crippen molar-refractivity contribution in [1.82, 2.24) is 14.7 Å². The first-order valence-electron chi connectivity index (χ1n) is 9.71. The van der Waals surface area contributed by atoms with Crippen LogP contribution in [0, 0.1) is 5.92 Å². The van der Waals surface area contributed by atoms with Gasteiger partial charge in [0.2, 0.25) is 11.8 Å². The average Bonchev–Trinajstić information content (AvgIpc) is 3.45. The first kappa shape index (κ1) is 20.1. The summed E-state index contributed by atoms with van der Waals surface area (Å²) in [5, 5.41) is 0. The molecule has 2 amide bonds. The second-order valence-electron chi connectivity index (χ2n) is 7.86. The van der Waals surface area contributed by atoms with Gasteiger partial charge in [0.15, 0.2) is 0 Å². The van der Waals surface area contributed by atoms with E-state index >= 15 is 0 Å². The highest BCUT2D eigenvalue weighted by atomic mass is 35.5. The molecule has 0 unspecified atom stereocenters. The minimum absolute atomic E-state index is 0. The molecule has 148 valence electrons. The summed E-state index contributed by atoms with van der Waals surface area (Å²) in [6.07, 6.45) is 2.07. The number of likely N-dealkylation sites (tertiary alicyclic amines) is 1. The Labute approximate surface area is 167 Å². The maximum atomic E-state index is 12.7. The van der Waals surface area contributed by atoms with Crippen molar-refractivity contribution < 1.29 is 9.59 Å². The summed E-state index contributed by atoms with van der Waals surface area (Å²) < 4.78 is 0. The van der Waals surface area contributed by atoms with Gasteiger partial charge in [0.1, 0.15) is 0 Å². The standard InChI is InChI=1S/C20H28N4O2.ClH/c21-18-13-22(12-17(18)15-4-2-1-3-5-15)14-19(25)23-8-10-24(11-9-23)20(26)16-6-7-16;/h1-5,16-18H,6-14,21H2;1H/t17-,18+;/m0./s1. The summed E-state index contributed by atoms with van der Waals surface area (Å²) in [7, 11) is 0. The summed E-state index contributed by atoms with van der Waals surface area (Å²) in [6, 6.07) is 10.4. The highest BCUT2D eigenvalue weighted by Crippen LogP contribution is 2.31. The SMILES string of the molecule is Cl.N[C@@H]1CN(CC(=O)N2CCN(C(=O)C3CC3)CC2)C[C@H]1c1ccccc1. The predicted octanol–water partition coefficient (Wildman–Crippen LogP) is 0.916. The van der Waals surface area contributed by atoms with E-state index < -0.39 is 0 Å². The van der Waals surface area contributed by atoms with Crippen LogP contribution in [-0.4, -0.2) is 78.4 Å². The minimum Gasteiger partial charge on any atom is -0.339 e. The Hall–Kier alpha value is -1.63. The third-order valence-electron chi connectivity index (χ3n) is 5.90. The molecule has 0 spiro atoms. The number of hydrogen-bond donors (Lipinski definition) is 1. The Morgan fingerprint density at radius 1 is 0.963 bits per heavy atom. The number of halogens is 1. The summed E-state index contributed by atoms with van der Waals surface area (Å²) >= 11 is 0. The van der Waals surface area contributed by atoms with Crippen LogP contribution < -0.4 is 5.73 Å². The number of amides is 2. The van der Waals surface area contributed by atoms with E-state index in [0.29, 0.717) is 32.7 Å². The molecule has 0 bridgehead atoms. The summed E-state index contributed by atoms with van der Waals surface area (Å²) in [4.78, 5) is 30.8. The van der Waals surface area contributed by atoms with E-state index in [-0.39, 0.29) is 42.1 Å². The molecule has 1 saturated carbocycles. The lowest BCUT2D eigenvalue weighted by atomic mass is 9.95. The molecule has 2 atom stereocenters. The van der Waals surface area contributed by atoms with Gasteiger partial charge in [-0.2, -0.15) is 0 Å². The van der Waals surface area contributed by atoms with Crippen LogP contribution in [0.25, 0.3) is 0 Å². The third kappa shape index (κ3) is 4.62. The van der Waals surface area contributed by atoms with Gasteiger partial charge in [0, 0.05) is 57.1 Å². The molecule has 3 fully saturated rings. The van der Waals surface area contributed by atoms with E-state index in [1.165, 1.54) is 5.56 Å². The zero-order valence-corrected chi connectivity index (χ0v) is 16.4. The van der Waals surface area contributed by atoms with Gasteiger partial charge in [-0.05, 0) is 18.4 Å². The van der Waals surface area contributed by atoms with Crippen LogP contribution in [0.2, 0.25) is 0 Å². The van der Waals surface area contributed by atoms with Gasteiger partial charge in [-0.1, -0.05) is 30.3 Å². The van der Waals surface area contributed by atoms with Crippen molar-refractivity contribution >= 4 is 24.2 Å².